The minimum absolute atomic E-state index is 0.110. The lowest BCUT2D eigenvalue weighted by atomic mass is 9.97. The van der Waals surface area contributed by atoms with Crippen LogP contribution in [0.3, 0.4) is 0 Å². The van der Waals surface area contributed by atoms with E-state index in [1.807, 2.05) is 12.1 Å². The van der Waals surface area contributed by atoms with Crippen LogP contribution in [-0.4, -0.2) is 32.1 Å². The molecule has 3 rings (SSSR count). The molecule has 2 N–H and O–H groups in total. The number of aromatic nitrogens is 1. The van der Waals surface area contributed by atoms with Crippen molar-refractivity contribution in [3.8, 4) is 0 Å². The van der Waals surface area contributed by atoms with Gasteiger partial charge in [0, 0.05) is 18.4 Å². The first-order valence-corrected chi connectivity index (χ1v) is 7.79. The van der Waals surface area contributed by atoms with Crippen LogP contribution in [0.5, 0.6) is 0 Å². The average molecular weight is 331 g/mol. The van der Waals surface area contributed by atoms with Crippen molar-refractivity contribution < 1.29 is 13.2 Å². The maximum atomic E-state index is 13.4. The highest BCUT2D eigenvalue weighted by Crippen LogP contribution is 2.35. The van der Waals surface area contributed by atoms with Crippen molar-refractivity contribution in [3.63, 3.8) is 0 Å². The first-order valence-electron chi connectivity index (χ1n) is 7.79. The van der Waals surface area contributed by atoms with Gasteiger partial charge in [0.25, 0.3) is 0 Å². The maximum Gasteiger partial charge on any atom is 0.414 e. The van der Waals surface area contributed by atoms with Crippen LogP contribution in [0.1, 0.15) is 29.6 Å². The van der Waals surface area contributed by atoms with Gasteiger partial charge in [0.05, 0.1) is 5.69 Å². The van der Waals surface area contributed by atoms with Crippen molar-refractivity contribution in [2.24, 2.45) is 0 Å². The molecule has 124 valence electrons. The summed E-state index contributed by atoms with van der Waals surface area (Å²) >= 11 is 0. The molecular weight excluding hydrogens is 314 g/mol. The normalized spacial score (nSPS) is 19.2. The Morgan fingerprint density at radius 3 is 2.46 bits per heavy atom. The smallest absolute Gasteiger partial charge is 0.369 e. The Morgan fingerprint density at radius 2 is 1.92 bits per heavy atom. The number of nitrogens with zero attached hydrogens (tertiary/aromatic N) is 1. The van der Waals surface area contributed by atoms with Gasteiger partial charge >= 0.3 is 6.18 Å². The third-order valence-electron chi connectivity index (χ3n) is 4.19. The van der Waals surface area contributed by atoms with Crippen LogP contribution in [0.25, 0.3) is 0 Å². The maximum absolute atomic E-state index is 13.4. The summed E-state index contributed by atoms with van der Waals surface area (Å²) < 4.78 is 40.1. The van der Waals surface area contributed by atoms with E-state index in [4.69, 9.17) is 7.85 Å². The van der Waals surface area contributed by atoms with Gasteiger partial charge in [-0.2, -0.15) is 13.2 Å². The van der Waals surface area contributed by atoms with Gasteiger partial charge in [0.1, 0.15) is 7.85 Å². The average Bonchev–Trinajstić information content (AvgIpc) is 3.08. The van der Waals surface area contributed by atoms with Crippen molar-refractivity contribution in [1.82, 2.24) is 10.3 Å². The van der Waals surface area contributed by atoms with Crippen LogP contribution in [-0.2, 0) is 0 Å². The number of rotatable bonds is 4. The van der Waals surface area contributed by atoms with Gasteiger partial charge in [-0.25, -0.2) is 0 Å². The standard InChI is InChI=1S/C17H17BF3N3/c18-13-3-6-15(23-10-13)16(17(19,20)21)24-14-4-1-11(2-5-14)12-7-8-22-9-12/h1-6,10,12,16,22,24H,7-9H2. The number of hydrogen-bond acceptors (Lipinski definition) is 3. The van der Waals surface area contributed by atoms with E-state index in [1.165, 1.54) is 18.3 Å². The number of benzene rings is 1. The highest BCUT2D eigenvalue weighted by atomic mass is 19.4. The Morgan fingerprint density at radius 1 is 1.17 bits per heavy atom. The summed E-state index contributed by atoms with van der Waals surface area (Å²) in [6, 6.07) is 7.95. The summed E-state index contributed by atoms with van der Waals surface area (Å²) in [5, 5.41) is 5.81. The number of halogens is 3. The fourth-order valence-electron chi connectivity index (χ4n) is 2.87. The van der Waals surface area contributed by atoms with Crippen LogP contribution >= 0.6 is 0 Å². The number of hydrogen-bond donors (Lipinski definition) is 2. The summed E-state index contributed by atoms with van der Waals surface area (Å²) in [5.41, 5.74) is 1.76. The fraction of sp³-hybridized carbons (Fsp3) is 0.353. The van der Waals surface area contributed by atoms with Crippen LogP contribution in [0.2, 0.25) is 0 Å². The Balaban J connectivity index is 1.78. The molecule has 0 saturated carbocycles. The van der Waals surface area contributed by atoms with E-state index in [2.05, 4.69) is 15.6 Å². The lowest BCUT2D eigenvalue weighted by Gasteiger charge is -2.22. The van der Waals surface area contributed by atoms with Crippen molar-refractivity contribution in [2.45, 2.75) is 24.6 Å². The molecule has 1 aliphatic rings. The molecule has 2 radical (unpaired) electrons. The molecule has 0 aliphatic carbocycles. The molecule has 1 fully saturated rings. The van der Waals surface area contributed by atoms with Crippen molar-refractivity contribution in [1.29, 1.82) is 0 Å². The van der Waals surface area contributed by atoms with E-state index in [-0.39, 0.29) is 5.69 Å². The zero-order valence-electron chi connectivity index (χ0n) is 13.0. The SMILES string of the molecule is [B]c1ccc(C(Nc2ccc(C3CCNC3)cc2)C(F)(F)F)nc1. The summed E-state index contributed by atoms with van der Waals surface area (Å²) in [5.74, 6) is 0.427. The molecule has 2 unspecified atom stereocenters. The van der Waals surface area contributed by atoms with E-state index in [1.54, 1.807) is 12.1 Å². The summed E-state index contributed by atoms with van der Waals surface area (Å²) in [4.78, 5) is 3.81. The Kier molecular flexibility index (Phi) is 4.80. The first-order chi connectivity index (χ1) is 11.4. The van der Waals surface area contributed by atoms with E-state index in [9.17, 15) is 13.2 Å². The molecule has 1 saturated heterocycles. The number of nitrogens with one attached hydrogen (secondary N) is 2. The van der Waals surface area contributed by atoms with Gasteiger partial charge < -0.3 is 10.6 Å². The van der Waals surface area contributed by atoms with Gasteiger partial charge in [0.2, 0.25) is 0 Å². The van der Waals surface area contributed by atoms with Gasteiger partial charge in [-0.3, -0.25) is 4.98 Å². The number of pyridine rings is 1. The molecule has 3 nitrogen and oxygen atoms in total. The monoisotopic (exact) mass is 331 g/mol. The number of anilines is 1. The van der Waals surface area contributed by atoms with Crippen molar-refractivity contribution in [3.05, 3.63) is 53.9 Å². The van der Waals surface area contributed by atoms with E-state index < -0.39 is 12.2 Å². The zero-order chi connectivity index (χ0) is 17.2. The Bertz CT molecular complexity index is 665. The number of alkyl halides is 3. The molecule has 2 aromatic rings. The minimum Gasteiger partial charge on any atom is -0.369 e. The predicted molar refractivity (Wildman–Crippen MR) is 88.7 cm³/mol. The van der Waals surface area contributed by atoms with E-state index in [0.717, 1.165) is 25.1 Å². The van der Waals surface area contributed by atoms with E-state index >= 15 is 0 Å². The third-order valence-corrected chi connectivity index (χ3v) is 4.19. The summed E-state index contributed by atoms with van der Waals surface area (Å²) in [6.07, 6.45) is -2.18. The topological polar surface area (TPSA) is 37.0 Å². The second-order valence-corrected chi connectivity index (χ2v) is 5.95. The van der Waals surface area contributed by atoms with Gasteiger partial charge in [-0.15, -0.1) is 0 Å². The Hall–Kier alpha value is -2.02. The van der Waals surface area contributed by atoms with Gasteiger partial charge in [-0.1, -0.05) is 23.7 Å². The second kappa shape index (κ2) is 6.85. The van der Waals surface area contributed by atoms with Crippen LogP contribution in [0.4, 0.5) is 18.9 Å². The highest BCUT2D eigenvalue weighted by molar-refractivity contribution is 6.32. The van der Waals surface area contributed by atoms with E-state index in [0.29, 0.717) is 17.1 Å². The Labute approximate surface area is 140 Å². The van der Waals surface area contributed by atoms with Crippen LogP contribution in [0.15, 0.2) is 42.6 Å². The highest BCUT2D eigenvalue weighted by Gasteiger charge is 2.41. The second-order valence-electron chi connectivity index (χ2n) is 5.95. The first kappa shape index (κ1) is 16.8. The molecule has 0 amide bonds. The largest absolute Gasteiger partial charge is 0.414 e. The molecule has 2 atom stereocenters. The van der Waals surface area contributed by atoms with Crippen LogP contribution in [0, 0.1) is 0 Å². The molecule has 1 aromatic carbocycles. The molecule has 1 aromatic heterocycles. The predicted octanol–water partition coefficient (Wildman–Crippen LogP) is 2.67. The van der Waals surface area contributed by atoms with Crippen molar-refractivity contribution >= 4 is 19.0 Å². The zero-order valence-corrected chi connectivity index (χ0v) is 13.0. The molecular formula is C17H17BF3N3. The van der Waals surface area contributed by atoms with Crippen molar-refractivity contribution in [2.75, 3.05) is 18.4 Å². The lowest BCUT2D eigenvalue weighted by molar-refractivity contribution is -0.144. The molecule has 0 spiro atoms. The lowest BCUT2D eigenvalue weighted by Crippen LogP contribution is -2.29. The summed E-state index contributed by atoms with van der Waals surface area (Å²) in [6.45, 7) is 1.89. The third kappa shape index (κ3) is 3.90. The van der Waals surface area contributed by atoms with Gasteiger partial charge in [0.15, 0.2) is 6.04 Å². The van der Waals surface area contributed by atoms with Gasteiger partial charge in [-0.05, 0) is 42.6 Å². The quantitative estimate of drug-likeness (QED) is 0.846. The molecule has 24 heavy (non-hydrogen) atoms. The fourth-order valence-corrected chi connectivity index (χ4v) is 2.87. The molecule has 0 bridgehead atoms. The molecule has 2 heterocycles. The molecule has 7 heteroatoms. The molecule has 1 aliphatic heterocycles. The van der Waals surface area contributed by atoms with Crippen LogP contribution < -0.4 is 16.1 Å². The summed E-state index contributed by atoms with van der Waals surface area (Å²) in [7, 11) is 5.50. The minimum atomic E-state index is -4.46.